The number of hydrogen-bond donors (Lipinski definition) is 1. The molecule has 2 bridgehead atoms. The van der Waals surface area contributed by atoms with Crippen molar-refractivity contribution < 1.29 is 4.79 Å². The van der Waals surface area contributed by atoms with Gasteiger partial charge in [-0.05, 0) is 49.3 Å². The zero-order valence-electron chi connectivity index (χ0n) is 13.6. The van der Waals surface area contributed by atoms with Crippen LogP contribution in [-0.4, -0.2) is 29.9 Å². The number of amides is 1. The van der Waals surface area contributed by atoms with Crippen LogP contribution in [0.5, 0.6) is 0 Å². The molecule has 1 amide bonds. The van der Waals surface area contributed by atoms with Crippen LogP contribution >= 0.6 is 0 Å². The van der Waals surface area contributed by atoms with Gasteiger partial charge in [0.2, 0.25) is 5.91 Å². The molecule has 0 aromatic heterocycles. The van der Waals surface area contributed by atoms with E-state index in [0.717, 1.165) is 25.3 Å². The van der Waals surface area contributed by atoms with Crippen molar-refractivity contribution >= 4 is 5.91 Å². The van der Waals surface area contributed by atoms with Gasteiger partial charge in [0.15, 0.2) is 0 Å². The summed E-state index contributed by atoms with van der Waals surface area (Å²) in [5.74, 6) is 0.751. The summed E-state index contributed by atoms with van der Waals surface area (Å²) >= 11 is 0. The lowest BCUT2D eigenvalue weighted by Gasteiger charge is -2.56. The molecule has 1 aromatic rings. The Balaban J connectivity index is 1.82. The summed E-state index contributed by atoms with van der Waals surface area (Å²) in [5.41, 5.74) is 8.05. The first kappa shape index (κ1) is 14.3. The highest BCUT2D eigenvalue weighted by Gasteiger charge is 2.55. The molecule has 1 aliphatic heterocycles. The zero-order chi connectivity index (χ0) is 15.5. The van der Waals surface area contributed by atoms with Crippen molar-refractivity contribution in [2.24, 2.45) is 11.7 Å². The molecule has 2 N–H and O–H groups in total. The van der Waals surface area contributed by atoms with Crippen LogP contribution in [0.4, 0.5) is 0 Å². The van der Waals surface area contributed by atoms with E-state index in [2.05, 4.69) is 43.0 Å². The van der Waals surface area contributed by atoms with Gasteiger partial charge in [0, 0.05) is 18.0 Å². The molecule has 1 heterocycles. The summed E-state index contributed by atoms with van der Waals surface area (Å²) in [6.45, 7) is 6.88. The Bertz CT molecular complexity index is 620. The maximum Gasteiger partial charge on any atom is 0.228 e. The van der Waals surface area contributed by atoms with Crippen LogP contribution < -0.4 is 5.73 Å². The summed E-state index contributed by atoms with van der Waals surface area (Å²) in [6.07, 6.45) is 4.51. The van der Waals surface area contributed by atoms with Crippen LogP contribution in [-0.2, 0) is 15.6 Å². The highest BCUT2D eigenvalue weighted by molar-refractivity contribution is 5.88. The van der Waals surface area contributed by atoms with E-state index >= 15 is 0 Å². The normalized spacial score (nSPS) is 33.3. The maximum atomic E-state index is 12.4. The summed E-state index contributed by atoms with van der Waals surface area (Å²) in [5, 5.41) is 0. The number of fused-ring (bicyclic) bond motifs is 4. The first-order valence-electron chi connectivity index (χ1n) is 8.59. The first-order chi connectivity index (χ1) is 10.4. The SMILES string of the molecule is CC1(C)c2ccccc2C2(C(N)=O)CCN(CC3CC3)C1C2. The molecular weight excluding hydrogens is 272 g/mol. The third kappa shape index (κ3) is 1.88. The third-order valence-electron chi connectivity index (χ3n) is 6.44. The second-order valence-electron chi connectivity index (χ2n) is 8.12. The number of benzene rings is 1. The van der Waals surface area contributed by atoms with Gasteiger partial charge >= 0.3 is 0 Å². The number of hydrogen-bond acceptors (Lipinski definition) is 2. The van der Waals surface area contributed by atoms with Gasteiger partial charge in [0.05, 0.1) is 5.41 Å². The first-order valence-corrected chi connectivity index (χ1v) is 8.59. The Kier molecular flexibility index (Phi) is 2.96. The van der Waals surface area contributed by atoms with E-state index in [-0.39, 0.29) is 11.3 Å². The average molecular weight is 298 g/mol. The molecule has 2 fully saturated rings. The minimum Gasteiger partial charge on any atom is -0.369 e. The van der Waals surface area contributed by atoms with Crippen molar-refractivity contribution in [2.45, 2.75) is 56.4 Å². The molecular formula is C19H26N2O. The summed E-state index contributed by atoms with van der Waals surface area (Å²) in [7, 11) is 0. The third-order valence-corrected chi connectivity index (χ3v) is 6.44. The van der Waals surface area contributed by atoms with Crippen molar-refractivity contribution in [3.8, 4) is 0 Å². The van der Waals surface area contributed by atoms with E-state index in [0.29, 0.717) is 6.04 Å². The highest BCUT2D eigenvalue weighted by atomic mass is 16.1. The van der Waals surface area contributed by atoms with E-state index in [9.17, 15) is 4.79 Å². The quantitative estimate of drug-likeness (QED) is 0.932. The van der Waals surface area contributed by atoms with Crippen LogP contribution in [0.15, 0.2) is 24.3 Å². The Labute approximate surface area is 132 Å². The van der Waals surface area contributed by atoms with Crippen molar-refractivity contribution in [3.05, 3.63) is 35.4 Å². The number of carbonyl (C=O) groups excluding carboxylic acids is 1. The number of carbonyl (C=O) groups is 1. The Hall–Kier alpha value is -1.35. The van der Waals surface area contributed by atoms with Gasteiger partial charge in [-0.2, -0.15) is 0 Å². The molecule has 22 heavy (non-hydrogen) atoms. The molecule has 4 rings (SSSR count). The molecule has 118 valence electrons. The smallest absolute Gasteiger partial charge is 0.228 e. The fraction of sp³-hybridized carbons (Fsp3) is 0.632. The largest absolute Gasteiger partial charge is 0.369 e. The van der Waals surface area contributed by atoms with Gasteiger partial charge in [-0.3, -0.25) is 9.69 Å². The lowest BCUT2D eigenvalue weighted by Crippen LogP contribution is -2.63. The Morgan fingerprint density at radius 1 is 1.27 bits per heavy atom. The number of nitrogens with zero attached hydrogens (tertiary/aromatic N) is 1. The van der Waals surface area contributed by atoms with E-state index in [1.807, 2.05) is 0 Å². The van der Waals surface area contributed by atoms with Crippen molar-refractivity contribution in [1.82, 2.24) is 4.90 Å². The minimum atomic E-state index is -0.448. The Morgan fingerprint density at radius 3 is 2.59 bits per heavy atom. The monoisotopic (exact) mass is 298 g/mol. The van der Waals surface area contributed by atoms with E-state index in [1.54, 1.807) is 0 Å². The molecule has 2 atom stereocenters. The Morgan fingerprint density at radius 2 is 1.95 bits per heavy atom. The predicted molar refractivity (Wildman–Crippen MR) is 87.7 cm³/mol. The van der Waals surface area contributed by atoms with Gasteiger partial charge in [-0.15, -0.1) is 0 Å². The van der Waals surface area contributed by atoms with Gasteiger partial charge in [-0.25, -0.2) is 0 Å². The summed E-state index contributed by atoms with van der Waals surface area (Å²) < 4.78 is 0. The second-order valence-corrected chi connectivity index (χ2v) is 8.12. The van der Waals surface area contributed by atoms with Crippen molar-refractivity contribution in [3.63, 3.8) is 0 Å². The highest BCUT2D eigenvalue weighted by Crippen LogP contribution is 2.52. The second kappa shape index (κ2) is 4.58. The lowest BCUT2D eigenvalue weighted by molar-refractivity contribution is -0.128. The van der Waals surface area contributed by atoms with Crippen LogP contribution in [0, 0.1) is 5.92 Å². The standard InChI is InChI=1S/C19H26N2O/c1-18(2)14-5-3-4-6-15(14)19(17(20)22)9-10-21(16(18)11-19)12-13-7-8-13/h3-6,13,16H,7-12H2,1-2H3,(H2,20,22). The molecule has 1 saturated heterocycles. The molecule has 0 spiro atoms. The van der Waals surface area contributed by atoms with Crippen LogP contribution in [0.3, 0.4) is 0 Å². The lowest BCUT2D eigenvalue weighted by atomic mass is 9.55. The predicted octanol–water partition coefficient (Wildman–Crippen LogP) is 2.58. The van der Waals surface area contributed by atoms with Crippen molar-refractivity contribution in [1.29, 1.82) is 0 Å². The molecule has 3 heteroatoms. The van der Waals surface area contributed by atoms with E-state index in [4.69, 9.17) is 5.73 Å². The molecule has 3 nitrogen and oxygen atoms in total. The number of primary amides is 1. The fourth-order valence-corrected chi connectivity index (χ4v) is 4.86. The van der Waals surface area contributed by atoms with Gasteiger partial charge in [-0.1, -0.05) is 38.1 Å². The number of rotatable bonds is 3. The van der Waals surface area contributed by atoms with Crippen LogP contribution in [0.2, 0.25) is 0 Å². The number of likely N-dealkylation sites (tertiary alicyclic amines) is 1. The van der Waals surface area contributed by atoms with E-state index in [1.165, 1.54) is 30.5 Å². The maximum absolute atomic E-state index is 12.4. The molecule has 1 saturated carbocycles. The molecule has 1 aromatic carbocycles. The van der Waals surface area contributed by atoms with Gasteiger partial charge in [0.1, 0.15) is 0 Å². The minimum absolute atomic E-state index is 0.0743. The fourth-order valence-electron chi connectivity index (χ4n) is 4.86. The summed E-state index contributed by atoms with van der Waals surface area (Å²) in [6, 6.07) is 8.91. The van der Waals surface area contributed by atoms with Crippen LogP contribution in [0.1, 0.15) is 50.7 Å². The van der Waals surface area contributed by atoms with Crippen LogP contribution in [0.25, 0.3) is 0 Å². The topological polar surface area (TPSA) is 46.3 Å². The summed E-state index contributed by atoms with van der Waals surface area (Å²) in [4.78, 5) is 15.1. The number of nitrogens with two attached hydrogens (primary N) is 1. The molecule has 0 radical (unpaired) electrons. The molecule has 2 aliphatic carbocycles. The number of piperidine rings is 1. The van der Waals surface area contributed by atoms with E-state index < -0.39 is 5.41 Å². The van der Waals surface area contributed by atoms with Gasteiger partial charge < -0.3 is 5.73 Å². The van der Waals surface area contributed by atoms with Crippen molar-refractivity contribution in [2.75, 3.05) is 13.1 Å². The molecule has 3 aliphatic rings. The zero-order valence-corrected chi connectivity index (χ0v) is 13.6. The average Bonchev–Trinajstić information content (AvgIpc) is 3.31. The molecule has 2 unspecified atom stereocenters. The van der Waals surface area contributed by atoms with Gasteiger partial charge in [0.25, 0.3) is 0 Å².